The smallest absolute Gasteiger partial charge is 0.203 e. The molecule has 6 rings (SSSR count). The van der Waals surface area contributed by atoms with Crippen molar-refractivity contribution >= 4 is 136 Å². The van der Waals surface area contributed by atoms with E-state index in [2.05, 4.69) is 58.4 Å². The molecule has 3 fully saturated rings. The molecule has 3 aliphatic carbocycles. The summed E-state index contributed by atoms with van der Waals surface area (Å²) in [6.45, 7) is 6.36. The molecular formula is C49H36Br2Cl2N6O9. The Kier molecular flexibility index (Phi) is 15.6. The number of hydrogen-bond donors (Lipinski definition) is 6. The van der Waals surface area contributed by atoms with Crippen molar-refractivity contribution in [2.75, 3.05) is 26.6 Å². The number of carbonyl (C=O) groups excluding carboxylic acids is 9. The largest absolute Gasteiger partial charge is 0.404 e. The summed E-state index contributed by atoms with van der Waals surface area (Å²) in [5.41, 5.74) is 5.42. The van der Waals surface area contributed by atoms with Gasteiger partial charge in [-0.3, -0.25) is 43.2 Å². The van der Waals surface area contributed by atoms with Gasteiger partial charge in [0.05, 0.1) is 77.3 Å². The molecule has 7 N–H and O–H groups in total. The summed E-state index contributed by atoms with van der Waals surface area (Å²) < 4.78 is 1.45. The zero-order valence-corrected chi connectivity index (χ0v) is 40.8. The van der Waals surface area contributed by atoms with Gasteiger partial charge in [0, 0.05) is 57.5 Å². The normalized spacial score (nSPS) is 21.2. The quantitative estimate of drug-likeness (QED) is 0.0824. The summed E-state index contributed by atoms with van der Waals surface area (Å²) in [5, 5.41) is 14.3. The van der Waals surface area contributed by atoms with Gasteiger partial charge < -0.3 is 32.3 Å². The van der Waals surface area contributed by atoms with Gasteiger partial charge in [-0.05, 0) is 97.7 Å². The fourth-order valence-corrected chi connectivity index (χ4v) is 8.13. The van der Waals surface area contributed by atoms with Crippen LogP contribution in [0.25, 0.3) is 0 Å². The Bertz CT molecular complexity index is 3100. The lowest BCUT2D eigenvalue weighted by atomic mass is 9.83. The number of halogens is 4. The average molecular weight is 1080 g/mol. The minimum Gasteiger partial charge on any atom is -0.404 e. The van der Waals surface area contributed by atoms with Crippen molar-refractivity contribution in [1.82, 2.24) is 0 Å². The van der Waals surface area contributed by atoms with Crippen LogP contribution in [-0.4, -0.2) is 52.0 Å². The maximum atomic E-state index is 13.7. The summed E-state index contributed by atoms with van der Waals surface area (Å²) in [4.78, 5) is 118. The summed E-state index contributed by atoms with van der Waals surface area (Å²) in [6, 6.07) is 12.6. The number of carbonyl (C=O) groups is 9. The number of ketones is 9. The van der Waals surface area contributed by atoms with E-state index in [0.717, 1.165) is 34.8 Å². The molecule has 0 unspecified atom stereocenters. The van der Waals surface area contributed by atoms with Gasteiger partial charge in [0.2, 0.25) is 52.0 Å². The predicted octanol–water partition coefficient (Wildman–Crippen LogP) is 8.55. The molecule has 0 spiro atoms. The van der Waals surface area contributed by atoms with Crippen LogP contribution in [0.15, 0.2) is 163 Å². The molecule has 344 valence electrons. The van der Waals surface area contributed by atoms with Crippen LogP contribution >= 0.6 is 55.1 Å². The monoisotopic (exact) mass is 1080 g/mol. The van der Waals surface area contributed by atoms with Gasteiger partial charge in [-0.2, -0.15) is 0 Å². The van der Waals surface area contributed by atoms with Gasteiger partial charge in [-0.25, -0.2) is 0 Å². The number of rotatable bonds is 10. The summed E-state index contributed by atoms with van der Waals surface area (Å²) in [7, 11) is 0. The Morgan fingerprint density at radius 3 is 1.04 bits per heavy atom. The molecule has 3 aromatic carbocycles. The third-order valence-corrected chi connectivity index (χ3v) is 12.6. The van der Waals surface area contributed by atoms with Gasteiger partial charge in [0.25, 0.3) is 0 Å². The molecule has 15 nitrogen and oxygen atoms in total. The highest BCUT2D eigenvalue weighted by atomic mass is 79.9. The lowest BCUT2D eigenvalue weighted by molar-refractivity contribution is -0.126. The number of allylic oxidation sites excluding steroid dienone is 12. The molecule has 3 aliphatic rings. The van der Waals surface area contributed by atoms with Crippen molar-refractivity contribution in [1.29, 1.82) is 0 Å². The number of benzene rings is 3. The molecular weight excluding hydrogens is 1050 g/mol. The van der Waals surface area contributed by atoms with Crippen molar-refractivity contribution in [3.05, 3.63) is 179 Å². The first-order valence-corrected chi connectivity index (χ1v) is 22.4. The van der Waals surface area contributed by atoms with Crippen LogP contribution < -0.4 is 32.3 Å². The summed E-state index contributed by atoms with van der Waals surface area (Å²) in [5.74, 6) is -7.30. The number of Topliss-reactive ketones (excluding diaryl/α,β-unsaturated/α-hetero) is 9. The van der Waals surface area contributed by atoms with Crippen molar-refractivity contribution in [2.24, 2.45) is 5.73 Å². The average Bonchev–Trinajstić information content (AvgIpc) is 3.30. The third kappa shape index (κ3) is 10.0. The zero-order chi connectivity index (χ0) is 49.7. The van der Waals surface area contributed by atoms with Crippen LogP contribution in [0.4, 0.5) is 28.4 Å². The number of aryl methyl sites for hydroxylation is 1. The first-order valence-electron chi connectivity index (χ1n) is 20.1. The molecule has 0 aromatic heterocycles. The van der Waals surface area contributed by atoms with E-state index in [-0.39, 0.29) is 66.0 Å². The van der Waals surface area contributed by atoms with Crippen LogP contribution in [0.1, 0.15) is 26.3 Å². The fourth-order valence-electron chi connectivity index (χ4n) is 6.78. The molecule has 3 aromatic rings. The van der Waals surface area contributed by atoms with E-state index >= 15 is 0 Å². The highest BCUT2D eigenvalue weighted by Gasteiger charge is 2.40. The summed E-state index contributed by atoms with van der Waals surface area (Å²) >= 11 is 20.1. The van der Waals surface area contributed by atoms with Gasteiger partial charge >= 0.3 is 0 Å². The maximum Gasteiger partial charge on any atom is 0.203 e. The Balaban J connectivity index is 1.18. The van der Waals surface area contributed by atoms with E-state index in [1.165, 1.54) is 63.5 Å². The van der Waals surface area contributed by atoms with E-state index in [4.69, 9.17) is 28.9 Å². The van der Waals surface area contributed by atoms with Crippen molar-refractivity contribution in [3.8, 4) is 0 Å². The maximum absolute atomic E-state index is 13.7. The lowest BCUT2D eigenvalue weighted by Gasteiger charge is -2.19. The van der Waals surface area contributed by atoms with Gasteiger partial charge in [0.1, 0.15) is 0 Å². The fraction of sp³-hybridized carbons (Fsp3) is 0.0816. The number of hydrogen-bond acceptors (Lipinski definition) is 15. The van der Waals surface area contributed by atoms with Gasteiger partial charge in [0.15, 0.2) is 0 Å². The van der Waals surface area contributed by atoms with Gasteiger partial charge in [-0.1, -0.05) is 57.4 Å². The van der Waals surface area contributed by atoms with Gasteiger partial charge in [-0.15, -0.1) is 0 Å². The molecule has 0 aliphatic heterocycles. The second kappa shape index (κ2) is 21.1. The zero-order valence-electron chi connectivity index (χ0n) is 36.1. The minimum absolute atomic E-state index is 0.0220. The Labute approximate surface area is 415 Å². The third-order valence-electron chi connectivity index (χ3n) is 10.5. The Morgan fingerprint density at radius 1 is 0.412 bits per heavy atom. The molecule has 19 heteroatoms. The van der Waals surface area contributed by atoms with Crippen molar-refractivity contribution in [2.45, 2.75) is 27.7 Å². The molecule has 0 bridgehead atoms. The topological polar surface area (TPSA) is 240 Å². The number of anilines is 5. The first-order chi connectivity index (χ1) is 32.4. The molecule has 0 amide bonds. The minimum atomic E-state index is -0.905. The Hall–Kier alpha value is -7.31. The van der Waals surface area contributed by atoms with Crippen molar-refractivity contribution < 1.29 is 43.2 Å². The first kappa shape index (κ1) is 50.1. The lowest BCUT2D eigenvalue weighted by Crippen LogP contribution is -2.32. The molecule has 0 atom stereocenters. The van der Waals surface area contributed by atoms with Crippen LogP contribution in [0, 0.1) is 6.92 Å². The van der Waals surface area contributed by atoms with E-state index in [1.54, 1.807) is 30.3 Å². The van der Waals surface area contributed by atoms with E-state index in [1.807, 2.05) is 13.0 Å². The van der Waals surface area contributed by atoms with Crippen molar-refractivity contribution in [3.63, 3.8) is 0 Å². The van der Waals surface area contributed by atoms with Crippen LogP contribution in [-0.2, 0) is 43.2 Å². The predicted molar refractivity (Wildman–Crippen MR) is 267 cm³/mol. The molecule has 68 heavy (non-hydrogen) atoms. The summed E-state index contributed by atoms with van der Waals surface area (Å²) in [6.07, 6.45) is 10.5. The second-order valence-electron chi connectivity index (χ2n) is 14.6. The number of nitrogens with one attached hydrogen (secondary N) is 5. The molecule has 3 saturated carbocycles. The highest BCUT2D eigenvalue weighted by Crippen LogP contribution is 2.35. The van der Waals surface area contributed by atoms with E-state index in [0.29, 0.717) is 21.5 Å². The van der Waals surface area contributed by atoms with E-state index in [9.17, 15) is 43.2 Å². The standard InChI is InChI=1S/C49H36Br2Cl2N6O9/c1-5-25-41(60)28(16-54)47(66)29(42(25)61)17-55-23-8-10-24(11-9-23)56-18-30-43(62)26(6-2)45(64)32(48(30)67)20-58-39-14-37(53)40(15-36(39)52)59-21-33-46(65)27(7-3)44(63)31(49(33)68)19-57-38-13-34(50)22(4)12-35(38)51/h5-21,55-59H,54H2,1-4H3/b25-5-,26-6-,27-7+,28-16+,29-17-,30-18+,31-19-,32-20-,33-21+. The van der Waals surface area contributed by atoms with Crippen LogP contribution in [0.5, 0.6) is 0 Å². The molecule has 0 radical (unpaired) electrons. The van der Waals surface area contributed by atoms with Crippen LogP contribution in [0.2, 0.25) is 10.0 Å². The number of nitrogens with two attached hydrogens (primary N) is 1. The Morgan fingerprint density at radius 2 is 0.706 bits per heavy atom. The molecule has 0 heterocycles. The second-order valence-corrected chi connectivity index (χ2v) is 17.2. The highest BCUT2D eigenvalue weighted by molar-refractivity contribution is 9.11. The van der Waals surface area contributed by atoms with Crippen LogP contribution in [0.3, 0.4) is 0 Å². The molecule has 0 saturated heterocycles. The SMILES string of the molecule is C/C=C1\C(=O)/C(=C/Nc2ccc(N/C=C3\C(=O)/C(=C/C)C(=O)/C(=C/Nc4cc(Cl)c(N/C=C5\C(=O)/C(=C/C)C(=O)/C(=C/Nc6cc(Br)c(C)cc6Br)C5=O)cc4Cl)C3=O)cc2)C(=O)/C(=C/N)C1=O. The van der Waals surface area contributed by atoms with E-state index < -0.39 is 57.6 Å².